The van der Waals surface area contributed by atoms with Crippen molar-refractivity contribution in [3.05, 3.63) is 70.9 Å². The summed E-state index contributed by atoms with van der Waals surface area (Å²) >= 11 is 0. The summed E-state index contributed by atoms with van der Waals surface area (Å²) < 4.78 is 0. The van der Waals surface area contributed by atoms with Crippen molar-refractivity contribution in [2.45, 2.75) is 58.2 Å². The SMILES string of the molecule is CCCNC(=O)[C@@H](NC(=O)[C@@H]1Cc2c([nH]c3ccccc23)[C@H]2c3ccccc3C(=O)N21)[C@H](C)CC. The molecule has 0 fully saturated rings. The number of rotatable bonds is 7. The smallest absolute Gasteiger partial charge is 0.255 e. The number of nitrogens with one attached hydrogen (secondary N) is 3. The van der Waals surface area contributed by atoms with Crippen LogP contribution >= 0.6 is 0 Å². The van der Waals surface area contributed by atoms with E-state index in [2.05, 4.69) is 21.7 Å². The summed E-state index contributed by atoms with van der Waals surface area (Å²) in [4.78, 5) is 45.5. The molecule has 7 heteroatoms. The summed E-state index contributed by atoms with van der Waals surface area (Å²) in [7, 11) is 0. The van der Waals surface area contributed by atoms with Crippen molar-refractivity contribution >= 4 is 28.6 Å². The summed E-state index contributed by atoms with van der Waals surface area (Å²) in [5.41, 5.74) is 4.55. The third-order valence-electron chi connectivity index (χ3n) is 7.50. The van der Waals surface area contributed by atoms with E-state index >= 15 is 0 Å². The van der Waals surface area contributed by atoms with Crippen molar-refractivity contribution < 1.29 is 14.4 Å². The molecular weight excluding hydrogens is 440 g/mol. The molecular formula is C28H32N4O3. The van der Waals surface area contributed by atoms with Crippen LogP contribution < -0.4 is 10.6 Å². The summed E-state index contributed by atoms with van der Waals surface area (Å²) in [6.07, 6.45) is 1.96. The van der Waals surface area contributed by atoms with Crippen molar-refractivity contribution in [3.63, 3.8) is 0 Å². The molecule has 2 aromatic carbocycles. The number of H-pyrrole nitrogens is 1. The molecule has 3 aromatic rings. The van der Waals surface area contributed by atoms with E-state index in [9.17, 15) is 14.4 Å². The van der Waals surface area contributed by atoms with Crippen LogP contribution in [-0.2, 0) is 16.0 Å². The molecule has 1 aromatic heterocycles. The number of aromatic amines is 1. The van der Waals surface area contributed by atoms with Crippen LogP contribution in [0.4, 0.5) is 0 Å². The molecule has 0 radical (unpaired) electrons. The molecule has 3 N–H and O–H groups in total. The highest BCUT2D eigenvalue weighted by Gasteiger charge is 2.49. The Kier molecular flexibility index (Phi) is 6.09. The van der Waals surface area contributed by atoms with E-state index in [-0.39, 0.29) is 29.7 Å². The van der Waals surface area contributed by atoms with E-state index in [0.29, 0.717) is 18.5 Å². The quantitative estimate of drug-likeness (QED) is 0.489. The molecule has 35 heavy (non-hydrogen) atoms. The third kappa shape index (κ3) is 3.79. The van der Waals surface area contributed by atoms with Gasteiger partial charge in [-0.15, -0.1) is 0 Å². The van der Waals surface area contributed by atoms with Crippen molar-refractivity contribution in [1.82, 2.24) is 20.5 Å². The summed E-state index contributed by atoms with van der Waals surface area (Å²) in [5, 5.41) is 7.01. The molecule has 3 heterocycles. The van der Waals surface area contributed by atoms with Crippen LogP contribution in [-0.4, -0.2) is 46.2 Å². The van der Waals surface area contributed by atoms with E-state index in [4.69, 9.17) is 0 Å². The van der Waals surface area contributed by atoms with Gasteiger partial charge in [0.05, 0.1) is 6.04 Å². The average molecular weight is 473 g/mol. The van der Waals surface area contributed by atoms with Crippen LogP contribution in [0, 0.1) is 5.92 Å². The van der Waals surface area contributed by atoms with Gasteiger partial charge in [0.2, 0.25) is 11.8 Å². The first kappa shape index (κ1) is 23.1. The number of para-hydroxylation sites is 1. The molecule has 0 saturated heterocycles. The highest BCUT2D eigenvalue weighted by atomic mass is 16.2. The molecule has 182 valence electrons. The van der Waals surface area contributed by atoms with E-state index in [1.165, 1.54) is 0 Å². The van der Waals surface area contributed by atoms with Crippen molar-refractivity contribution in [2.24, 2.45) is 5.92 Å². The number of carbonyl (C=O) groups is 3. The lowest BCUT2D eigenvalue weighted by molar-refractivity contribution is -0.133. The molecule has 0 spiro atoms. The fourth-order valence-corrected chi connectivity index (χ4v) is 5.45. The minimum Gasteiger partial charge on any atom is -0.356 e. The van der Waals surface area contributed by atoms with Crippen molar-refractivity contribution in [3.8, 4) is 0 Å². The van der Waals surface area contributed by atoms with Crippen LogP contribution in [0.3, 0.4) is 0 Å². The number of hydrogen-bond donors (Lipinski definition) is 3. The minimum atomic E-state index is -0.711. The first-order valence-corrected chi connectivity index (χ1v) is 12.5. The van der Waals surface area contributed by atoms with Crippen molar-refractivity contribution in [1.29, 1.82) is 0 Å². The highest BCUT2D eigenvalue weighted by molar-refractivity contribution is 6.04. The average Bonchev–Trinajstić information content (AvgIpc) is 3.40. The monoisotopic (exact) mass is 472 g/mol. The molecule has 2 aliphatic rings. The van der Waals surface area contributed by atoms with Gasteiger partial charge in [0.15, 0.2) is 0 Å². The zero-order valence-electron chi connectivity index (χ0n) is 20.4. The Labute approximate surface area is 205 Å². The maximum Gasteiger partial charge on any atom is 0.255 e. The van der Waals surface area contributed by atoms with Gasteiger partial charge in [-0.2, -0.15) is 0 Å². The van der Waals surface area contributed by atoms with Gasteiger partial charge in [-0.1, -0.05) is 63.6 Å². The number of hydrogen-bond acceptors (Lipinski definition) is 3. The van der Waals surface area contributed by atoms with Gasteiger partial charge >= 0.3 is 0 Å². The molecule has 3 amide bonds. The van der Waals surface area contributed by atoms with Gasteiger partial charge < -0.3 is 20.5 Å². The first-order valence-electron chi connectivity index (χ1n) is 12.5. The Balaban J connectivity index is 1.55. The van der Waals surface area contributed by atoms with Crippen LogP contribution in [0.5, 0.6) is 0 Å². The second-order valence-corrected chi connectivity index (χ2v) is 9.65. The maximum atomic E-state index is 13.8. The van der Waals surface area contributed by atoms with Gasteiger partial charge in [0.1, 0.15) is 12.1 Å². The number of aromatic nitrogens is 1. The Morgan fingerprint density at radius 3 is 2.63 bits per heavy atom. The van der Waals surface area contributed by atoms with E-state index in [1.54, 1.807) is 4.90 Å². The minimum absolute atomic E-state index is 0.0367. The number of nitrogens with zero attached hydrogens (tertiary/aromatic N) is 1. The molecule has 4 atom stereocenters. The fraction of sp³-hybridized carbons (Fsp3) is 0.393. The van der Waals surface area contributed by atoms with Crippen LogP contribution in [0.15, 0.2) is 48.5 Å². The van der Waals surface area contributed by atoms with Gasteiger partial charge in [-0.05, 0) is 35.6 Å². The Morgan fingerprint density at radius 1 is 1.11 bits per heavy atom. The molecule has 0 aliphatic carbocycles. The van der Waals surface area contributed by atoms with E-state index in [1.807, 2.05) is 63.2 Å². The van der Waals surface area contributed by atoms with Gasteiger partial charge in [0.25, 0.3) is 5.91 Å². The second-order valence-electron chi connectivity index (χ2n) is 9.65. The van der Waals surface area contributed by atoms with Crippen LogP contribution in [0.2, 0.25) is 0 Å². The second kappa shape index (κ2) is 9.21. The van der Waals surface area contributed by atoms with E-state index in [0.717, 1.165) is 40.6 Å². The Morgan fingerprint density at radius 2 is 1.86 bits per heavy atom. The Bertz CT molecular complexity index is 1300. The standard InChI is InChI=1S/C28H32N4O3/c1-4-14-29-27(34)23(16(3)5-2)31-26(33)22-15-20-17-10-8-9-13-21(17)30-24(20)25-18-11-6-7-12-19(18)28(35)32(22)25/h6-13,16,22-23,25,30H,4-5,14-15H2,1-3H3,(H,29,34)(H,31,33)/t16-,22+,23+,25-/m1/s1. The summed E-state index contributed by atoms with van der Waals surface area (Å²) in [6, 6.07) is 13.9. The van der Waals surface area contributed by atoms with Gasteiger partial charge in [-0.3, -0.25) is 14.4 Å². The molecule has 0 bridgehead atoms. The predicted molar refractivity (Wildman–Crippen MR) is 135 cm³/mol. The topological polar surface area (TPSA) is 94.3 Å². The lowest BCUT2D eigenvalue weighted by Gasteiger charge is -2.38. The molecule has 0 unspecified atom stereocenters. The Hall–Kier alpha value is -3.61. The molecule has 5 rings (SSSR count). The third-order valence-corrected chi connectivity index (χ3v) is 7.50. The molecule has 2 aliphatic heterocycles. The van der Waals surface area contributed by atoms with Gasteiger partial charge in [-0.25, -0.2) is 0 Å². The fourth-order valence-electron chi connectivity index (χ4n) is 5.45. The number of carbonyl (C=O) groups excluding carboxylic acids is 3. The largest absolute Gasteiger partial charge is 0.356 e. The molecule has 0 saturated carbocycles. The lowest BCUT2D eigenvalue weighted by atomic mass is 9.89. The van der Waals surface area contributed by atoms with Crippen LogP contribution in [0.1, 0.15) is 66.8 Å². The zero-order chi connectivity index (χ0) is 24.7. The maximum absolute atomic E-state index is 13.8. The number of amides is 3. The molecule has 7 nitrogen and oxygen atoms in total. The lowest BCUT2D eigenvalue weighted by Crippen LogP contribution is -2.58. The van der Waals surface area contributed by atoms with E-state index < -0.39 is 12.1 Å². The summed E-state index contributed by atoms with van der Waals surface area (Å²) in [5.74, 6) is -0.648. The number of fused-ring (bicyclic) bond motifs is 7. The normalized spacial score (nSPS) is 20.1. The van der Waals surface area contributed by atoms with Crippen molar-refractivity contribution in [2.75, 3.05) is 6.54 Å². The zero-order valence-corrected chi connectivity index (χ0v) is 20.4. The van der Waals surface area contributed by atoms with Gasteiger partial charge in [0, 0.05) is 35.1 Å². The first-order chi connectivity index (χ1) is 17.0. The highest BCUT2D eigenvalue weighted by Crippen LogP contribution is 2.46. The number of benzene rings is 2. The summed E-state index contributed by atoms with van der Waals surface area (Å²) in [6.45, 7) is 6.53. The predicted octanol–water partition coefficient (Wildman–Crippen LogP) is 3.69. The van der Waals surface area contributed by atoms with Crippen LogP contribution in [0.25, 0.3) is 10.9 Å².